The van der Waals surface area contributed by atoms with E-state index >= 15 is 0 Å². The third-order valence-electron chi connectivity index (χ3n) is 3.02. The summed E-state index contributed by atoms with van der Waals surface area (Å²) in [4.78, 5) is 20.7. The summed E-state index contributed by atoms with van der Waals surface area (Å²) in [6.07, 6.45) is 2.84. The summed E-state index contributed by atoms with van der Waals surface area (Å²) in [6, 6.07) is 9.24. The van der Waals surface area contributed by atoms with E-state index < -0.39 is 6.10 Å². The fraction of sp³-hybridized carbons (Fsp3) is 0.353. The lowest BCUT2D eigenvalue weighted by Crippen LogP contribution is -2.28. The minimum Gasteiger partial charge on any atom is -0.379 e. The van der Waals surface area contributed by atoms with E-state index in [2.05, 4.69) is 15.3 Å². The molecule has 0 fully saturated rings. The normalized spacial score (nSPS) is 11.9. The molecule has 1 unspecified atom stereocenters. The molecule has 0 saturated heterocycles. The van der Waals surface area contributed by atoms with Crippen LogP contribution < -0.4 is 5.32 Å². The van der Waals surface area contributed by atoms with Gasteiger partial charge in [-0.05, 0) is 38.1 Å². The number of nitrogens with one attached hydrogen (secondary N) is 1. The molecule has 0 saturated carbocycles. The fourth-order valence-electron chi connectivity index (χ4n) is 1.81. The molecule has 1 amide bonds. The average molecular weight is 347 g/mol. The van der Waals surface area contributed by atoms with Gasteiger partial charge in [0, 0.05) is 24.7 Å². The minimum atomic E-state index is -0.550. The highest BCUT2D eigenvalue weighted by Gasteiger charge is 2.13. The summed E-state index contributed by atoms with van der Waals surface area (Å²) in [5.74, 6) is -0.202. The number of pyridine rings is 2. The molecule has 0 bridgehead atoms. The average Bonchev–Trinajstić information content (AvgIpc) is 2.59. The molecule has 2 heterocycles. The molecule has 2 rings (SSSR count). The number of ether oxygens (including phenoxy) is 2. The van der Waals surface area contributed by atoms with E-state index in [-0.39, 0.29) is 5.91 Å². The van der Waals surface area contributed by atoms with Crippen LogP contribution in [0.2, 0.25) is 0 Å². The number of hydrogen-bond acceptors (Lipinski definition) is 6. The van der Waals surface area contributed by atoms with Crippen LogP contribution in [0, 0.1) is 0 Å². The predicted octanol–water partition coefficient (Wildman–Crippen LogP) is 3.01. The monoisotopic (exact) mass is 347 g/mol. The number of anilines is 1. The topological polar surface area (TPSA) is 73.3 Å². The zero-order valence-electron chi connectivity index (χ0n) is 13.8. The van der Waals surface area contributed by atoms with E-state index in [4.69, 9.17) is 9.47 Å². The van der Waals surface area contributed by atoms with Crippen LogP contribution >= 0.6 is 11.8 Å². The molecule has 0 aliphatic heterocycles. The maximum atomic E-state index is 12.1. The first-order chi connectivity index (χ1) is 11.7. The van der Waals surface area contributed by atoms with Gasteiger partial charge < -0.3 is 14.8 Å². The van der Waals surface area contributed by atoms with E-state index in [1.807, 2.05) is 31.2 Å². The van der Waals surface area contributed by atoms with Crippen LogP contribution in [0.3, 0.4) is 0 Å². The quantitative estimate of drug-likeness (QED) is 0.703. The van der Waals surface area contributed by atoms with Crippen molar-refractivity contribution in [3.8, 4) is 0 Å². The van der Waals surface area contributed by atoms with Gasteiger partial charge in [0.2, 0.25) is 0 Å². The van der Waals surface area contributed by atoms with Crippen LogP contribution in [0.25, 0.3) is 0 Å². The van der Waals surface area contributed by atoms with Gasteiger partial charge in [-0.3, -0.25) is 4.79 Å². The summed E-state index contributed by atoms with van der Waals surface area (Å²) in [6.45, 7) is 5.14. The van der Waals surface area contributed by atoms with Crippen molar-refractivity contribution in [3.63, 3.8) is 0 Å². The van der Waals surface area contributed by atoms with Crippen molar-refractivity contribution in [2.75, 3.05) is 25.1 Å². The molecule has 0 radical (unpaired) electrons. The highest BCUT2D eigenvalue weighted by Crippen LogP contribution is 2.25. The highest BCUT2D eigenvalue weighted by atomic mass is 32.2. The lowest BCUT2D eigenvalue weighted by atomic mass is 10.3. The minimum absolute atomic E-state index is 0.202. The van der Waals surface area contributed by atoms with Gasteiger partial charge in [0.1, 0.15) is 16.2 Å². The molecule has 24 heavy (non-hydrogen) atoms. The van der Waals surface area contributed by atoms with E-state index in [0.717, 1.165) is 10.1 Å². The van der Waals surface area contributed by atoms with Crippen molar-refractivity contribution < 1.29 is 14.3 Å². The molecule has 0 spiro atoms. The second-order valence-corrected chi connectivity index (χ2v) is 5.89. The second-order valence-electron chi connectivity index (χ2n) is 4.85. The molecular weight excluding hydrogens is 326 g/mol. The molecule has 6 nitrogen and oxygen atoms in total. The molecule has 1 N–H and O–H groups in total. The Morgan fingerprint density at radius 1 is 1.21 bits per heavy atom. The highest BCUT2D eigenvalue weighted by molar-refractivity contribution is 7.99. The van der Waals surface area contributed by atoms with E-state index in [0.29, 0.717) is 25.5 Å². The number of hydrogen-bond donors (Lipinski definition) is 1. The molecule has 0 aliphatic rings. The van der Waals surface area contributed by atoms with Gasteiger partial charge in [-0.2, -0.15) is 0 Å². The largest absolute Gasteiger partial charge is 0.379 e. The Hall–Kier alpha value is -1.96. The van der Waals surface area contributed by atoms with Crippen LogP contribution in [-0.2, 0) is 14.3 Å². The predicted molar refractivity (Wildman–Crippen MR) is 93.1 cm³/mol. The Morgan fingerprint density at radius 3 is 2.79 bits per heavy atom. The van der Waals surface area contributed by atoms with Crippen molar-refractivity contribution in [3.05, 3.63) is 42.7 Å². The molecular formula is C17H21N3O3S. The Kier molecular flexibility index (Phi) is 7.67. The number of amides is 1. The summed E-state index contributed by atoms with van der Waals surface area (Å²) in [5.41, 5.74) is 0.675. The molecule has 0 aliphatic carbocycles. The van der Waals surface area contributed by atoms with E-state index in [1.165, 1.54) is 11.8 Å². The number of carbonyl (C=O) groups is 1. The zero-order chi connectivity index (χ0) is 17.2. The fourth-order valence-corrected chi connectivity index (χ4v) is 2.58. The third-order valence-corrected chi connectivity index (χ3v) is 3.90. The van der Waals surface area contributed by atoms with E-state index in [1.54, 1.807) is 25.4 Å². The molecule has 0 aromatic carbocycles. The van der Waals surface area contributed by atoms with Crippen molar-refractivity contribution in [2.24, 2.45) is 0 Å². The summed E-state index contributed by atoms with van der Waals surface area (Å²) in [5, 5.41) is 4.44. The van der Waals surface area contributed by atoms with Gasteiger partial charge in [-0.25, -0.2) is 9.97 Å². The van der Waals surface area contributed by atoms with Crippen LogP contribution in [-0.4, -0.2) is 41.8 Å². The van der Waals surface area contributed by atoms with Crippen LogP contribution in [0.5, 0.6) is 0 Å². The summed E-state index contributed by atoms with van der Waals surface area (Å²) < 4.78 is 10.6. The molecule has 128 valence electrons. The maximum absolute atomic E-state index is 12.1. The Morgan fingerprint density at radius 2 is 2.04 bits per heavy atom. The third kappa shape index (κ3) is 6.27. The van der Waals surface area contributed by atoms with Crippen LogP contribution in [0.1, 0.15) is 13.8 Å². The number of carbonyl (C=O) groups excluding carboxylic acids is 1. The standard InChI is InChI=1S/C17H21N3O3S/c1-3-22-10-11-23-13(2)17(21)20-14-7-9-19-16(12-14)24-15-6-4-5-8-18-15/h4-9,12-13H,3,10-11H2,1-2H3,(H,19,20,21). The van der Waals surface area contributed by atoms with Crippen LogP contribution in [0.4, 0.5) is 5.69 Å². The molecule has 2 aromatic heterocycles. The van der Waals surface area contributed by atoms with Crippen molar-refractivity contribution in [1.29, 1.82) is 0 Å². The Labute approximate surface area is 146 Å². The lowest BCUT2D eigenvalue weighted by molar-refractivity contribution is -0.127. The lowest BCUT2D eigenvalue weighted by Gasteiger charge is -2.13. The second kappa shape index (κ2) is 10.0. The Bertz CT molecular complexity index is 640. The maximum Gasteiger partial charge on any atom is 0.253 e. The van der Waals surface area contributed by atoms with Gasteiger partial charge in [0.25, 0.3) is 5.91 Å². The number of aromatic nitrogens is 2. The molecule has 7 heteroatoms. The number of rotatable bonds is 9. The first kappa shape index (κ1) is 18.4. The van der Waals surface area contributed by atoms with E-state index in [9.17, 15) is 4.79 Å². The van der Waals surface area contributed by atoms with Gasteiger partial charge in [0.05, 0.1) is 13.2 Å². The van der Waals surface area contributed by atoms with Crippen molar-refractivity contribution >= 4 is 23.4 Å². The number of nitrogens with zero attached hydrogens (tertiary/aromatic N) is 2. The van der Waals surface area contributed by atoms with Gasteiger partial charge in [-0.1, -0.05) is 17.8 Å². The summed E-state index contributed by atoms with van der Waals surface area (Å²) in [7, 11) is 0. The van der Waals surface area contributed by atoms with Gasteiger partial charge in [0.15, 0.2) is 0 Å². The first-order valence-electron chi connectivity index (χ1n) is 7.74. The van der Waals surface area contributed by atoms with Crippen LogP contribution in [0.15, 0.2) is 52.8 Å². The first-order valence-corrected chi connectivity index (χ1v) is 8.56. The van der Waals surface area contributed by atoms with Crippen molar-refractivity contribution in [2.45, 2.75) is 30.0 Å². The Balaban J connectivity index is 1.88. The zero-order valence-corrected chi connectivity index (χ0v) is 14.6. The smallest absolute Gasteiger partial charge is 0.253 e. The van der Waals surface area contributed by atoms with Gasteiger partial charge in [-0.15, -0.1) is 0 Å². The molecule has 2 aromatic rings. The van der Waals surface area contributed by atoms with Crippen molar-refractivity contribution in [1.82, 2.24) is 9.97 Å². The SMILES string of the molecule is CCOCCOC(C)C(=O)Nc1ccnc(Sc2ccccn2)c1. The molecule has 1 atom stereocenters. The summed E-state index contributed by atoms with van der Waals surface area (Å²) >= 11 is 1.44. The van der Waals surface area contributed by atoms with Gasteiger partial charge >= 0.3 is 0 Å².